The van der Waals surface area contributed by atoms with E-state index in [4.69, 9.17) is 5.73 Å². The summed E-state index contributed by atoms with van der Waals surface area (Å²) in [7, 11) is 0. The molecule has 0 aliphatic heterocycles. The number of anilines is 1. The molecule has 1 aromatic carbocycles. The number of Topliss-reactive ketones (excluding diaryl/α,β-unsaturated/α-hetero) is 1. The third-order valence-electron chi connectivity index (χ3n) is 2.89. The molecule has 0 saturated heterocycles. The van der Waals surface area contributed by atoms with Gasteiger partial charge in [0.25, 0.3) is 0 Å². The van der Waals surface area contributed by atoms with E-state index in [9.17, 15) is 4.79 Å². The molecule has 0 fully saturated rings. The maximum atomic E-state index is 11.3. The molecule has 74 valence electrons. The van der Waals surface area contributed by atoms with Gasteiger partial charge in [-0.05, 0) is 55.9 Å². The lowest BCUT2D eigenvalue weighted by molar-refractivity contribution is 0.101. The zero-order chi connectivity index (χ0) is 10.1. The van der Waals surface area contributed by atoms with Crippen molar-refractivity contribution in [1.82, 2.24) is 0 Å². The molecule has 14 heavy (non-hydrogen) atoms. The molecule has 0 radical (unpaired) electrons. The molecular weight excluding hydrogens is 174 g/mol. The van der Waals surface area contributed by atoms with Crippen molar-refractivity contribution >= 4 is 11.5 Å². The standard InChI is InChI=1S/C12H15NO/c1-8(14)11-6-9-4-2-3-5-10(9)7-12(11)13/h6-7H,2-5,13H2,1H3. The van der Waals surface area contributed by atoms with E-state index in [-0.39, 0.29) is 5.78 Å². The zero-order valence-electron chi connectivity index (χ0n) is 8.47. The highest BCUT2D eigenvalue weighted by Gasteiger charge is 2.13. The van der Waals surface area contributed by atoms with E-state index in [1.807, 2.05) is 12.1 Å². The molecule has 0 atom stereocenters. The third kappa shape index (κ3) is 1.52. The molecule has 1 aromatic rings. The Labute approximate surface area is 84.1 Å². The number of hydrogen-bond acceptors (Lipinski definition) is 2. The summed E-state index contributed by atoms with van der Waals surface area (Å²) < 4.78 is 0. The fraction of sp³-hybridized carbons (Fsp3) is 0.417. The zero-order valence-corrected chi connectivity index (χ0v) is 8.47. The van der Waals surface area contributed by atoms with Crippen LogP contribution in [-0.4, -0.2) is 5.78 Å². The fourth-order valence-corrected chi connectivity index (χ4v) is 2.11. The molecule has 0 heterocycles. The number of fused-ring (bicyclic) bond motifs is 1. The highest BCUT2D eigenvalue weighted by Crippen LogP contribution is 2.26. The van der Waals surface area contributed by atoms with Crippen molar-refractivity contribution in [2.45, 2.75) is 32.6 Å². The van der Waals surface area contributed by atoms with Crippen LogP contribution in [0.3, 0.4) is 0 Å². The van der Waals surface area contributed by atoms with Gasteiger partial charge in [0, 0.05) is 11.3 Å². The summed E-state index contributed by atoms with van der Waals surface area (Å²) in [6.45, 7) is 1.57. The molecule has 0 unspecified atom stereocenters. The van der Waals surface area contributed by atoms with Crippen LogP contribution in [0.1, 0.15) is 41.3 Å². The van der Waals surface area contributed by atoms with Crippen molar-refractivity contribution in [3.8, 4) is 0 Å². The maximum Gasteiger partial charge on any atom is 0.161 e. The number of hydrogen-bond donors (Lipinski definition) is 1. The molecule has 2 rings (SSSR count). The van der Waals surface area contributed by atoms with Crippen LogP contribution in [-0.2, 0) is 12.8 Å². The molecular formula is C12H15NO. The van der Waals surface area contributed by atoms with Gasteiger partial charge in [0.05, 0.1) is 0 Å². The molecule has 0 bridgehead atoms. The second-order valence-corrected chi connectivity index (χ2v) is 3.97. The smallest absolute Gasteiger partial charge is 0.161 e. The molecule has 2 nitrogen and oxygen atoms in total. The van der Waals surface area contributed by atoms with Gasteiger partial charge in [0.2, 0.25) is 0 Å². The first kappa shape index (κ1) is 9.25. The lowest BCUT2D eigenvalue weighted by Crippen LogP contribution is -2.08. The topological polar surface area (TPSA) is 43.1 Å². The van der Waals surface area contributed by atoms with Crippen molar-refractivity contribution in [1.29, 1.82) is 0 Å². The van der Waals surface area contributed by atoms with Crippen LogP contribution >= 0.6 is 0 Å². The average molecular weight is 189 g/mol. The van der Waals surface area contributed by atoms with Gasteiger partial charge in [0.15, 0.2) is 5.78 Å². The number of benzene rings is 1. The number of ketones is 1. The van der Waals surface area contributed by atoms with Crippen molar-refractivity contribution in [3.05, 3.63) is 28.8 Å². The van der Waals surface area contributed by atoms with E-state index in [0.717, 1.165) is 12.8 Å². The molecule has 1 aliphatic carbocycles. The van der Waals surface area contributed by atoms with Crippen molar-refractivity contribution in [2.24, 2.45) is 0 Å². The minimum atomic E-state index is 0.0656. The minimum Gasteiger partial charge on any atom is -0.398 e. The van der Waals surface area contributed by atoms with Crippen LogP contribution in [0.25, 0.3) is 0 Å². The monoisotopic (exact) mass is 189 g/mol. The first-order valence-corrected chi connectivity index (χ1v) is 5.10. The SMILES string of the molecule is CC(=O)c1cc2c(cc1N)CCCC2. The second-order valence-electron chi connectivity index (χ2n) is 3.97. The number of rotatable bonds is 1. The summed E-state index contributed by atoms with van der Waals surface area (Å²) in [5, 5.41) is 0. The molecule has 0 spiro atoms. The van der Waals surface area contributed by atoms with Gasteiger partial charge in [-0.1, -0.05) is 0 Å². The number of aryl methyl sites for hydroxylation is 2. The normalized spacial score (nSPS) is 14.9. The van der Waals surface area contributed by atoms with Gasteiger partial charge in [-0.3, -0.25) is 4.79 Å². The summed E-state index contributed by atoms with van der Waals surface area (Å²) >= 11 is 0. The highest BCUT2D eigenvalue weighted by atomic mass is 16.1. The first-order valence-electron chi connectivity index (χ1n) is 5.10. The Bertz CT molecular complexity index is 382. The predicted octanol–water partition coefficient (Wildman–Crippen LogP) is 2.35. The maximum absolute atomic E-state index is 11.3. The second kappa shape index (κ2) is 3.45. The van der Waals surface area contributed by atoms with Crippen LogP contribution < -0.4 is 5.73 Å². The van der Waals surface area contributed by atoms with E-state index >= 15 is 0 Å². The largest absolute Gasteiger partial charge is 0.398 e. The van der Waals surface area contributed by atoms with Crippen LogP contribution in [0.15, 0.2) is 12.1 Å². The Morgan fingerprint density at radius 1 is 1.21 bits per heavy atom. The minimum absolute atomic E-state index is 0.0656. The molecule has 0 amide bonds. The summed E-state index contributed by atoms with van der Waals surface area (Å²) in [4.78, 5) is 11.3. The number of carbonyl (C=O) groups is 1. The van der Waals surface area contributed by atoms with Gasteiger partial charge < -0.3 is 5.73 Å². The molecule has 2 heteroatoms. The van der Waals surface area contributed by atoms with Gasteiger partial charge in [-0.25, -0.2) is 0 Å². The van der Waals surface area contributed by atoms with Crippen LogP contribution in [0.5, 0.6) is 0 Å². The van der Waals surface area contributed by atoms with Gasteiger partial charge in [-0.15, -0.1) is 0 Å². The fourth-order valence-electron chi connectivity index (χ4n) is 2.11. The quantitative estimate of drug-likeness (QED) is 0.544. The van der Waals surface area contributed by atoms with Gasteiger partial charge in [-0.2, -0.15) is 0 Å². The van der Waals surface area contributed by atoms with E-state index in [1.165, 1.54) is 24.0 Å². The van der Waals surface area contributed by atoms with E-state index in [2.05, 4.69) is 0 Å². The van der Waals surface area contributed by atoms with Crippen molar-refractivity contribution < 1.29 is 4.79 Å². The number of nitrogen functional groups attached to an aromatic ring is 1. The van der Waals surface area contributed by atoms with Crippen LogP contribution in [0.4, 0.5) is 5.69 Å². The van der Waals surface area contributed by atoms with E-state index in [0.29, 0.717) is 11.3 Å². The Hall–Kier alpha value is -1.31. The summed E-state index contributed by atoms with van der Waals surface area (Å²) in [5.74, 6) is 0.0656. The molecule has 0 saturated carbocycles. The van der Waals surface area contributed by atoms with E-state index in [1.54, 1.807) is 6.92 Å². The van der Waals surface area contributed by atoms with Crippen molar-refractivity contribution in [2.75, 3.05) is 5.73 Å². The molecule has 2 N–H and O–H groups in total. The average Bonchev–Trinajstić information content (AvgIpc) is 2.16. The summed E-state index contributed by atoms with van der Waals surface area (Å²) in [6, 6.07) is 3.96. The number of nitrogens with two attached hydrogens (primary N) is 1. The molecule has 1 aliphatic rings. The number of carbonyl (C=O) groups excluding carboxylic acids is 1. The third-order valence-corrected chi connectivity index (χ3v) is 2.89. The van der Waals surface area contributed by atoms with Crippen LogP contribution in [0, 0.1) is 0 Å². The summed E-state index contributed by atoms with van der Waals surface area (Å²) in [5.41, 5.74) is 9.80. The Morgan fingerprint density at radius 3 is 2.36 bits per heavy atom. The Morgan fingerprint density at radius 2 is 1.79 bits per heavy atom. The van der Waals surface area contributed by atoms with Gasteiger partial charge in [0.1, 0.15) is 0 Å². The van der Waals surface area contributed by atoms with Gasteiger partial charge >= 0.3 is 0 Å². The van der Waals surface area contributed by atoms with E-state index < -0.39 is 0 Å². The predicted molar refractivity (Wildman–Crippen MR) is 57.5 cm³/mol. The lowest BCUT2D eigenvalue weighted by Gasteiger charge is -2.17. The van der Waals surface area contributed by atoms with Crippen LogP contribution in [0.2, 0.25) is 0 Å². The first-order chi connectivity index (χ1) is 6.68. The van der Waals surface area contributed by atoms with Crippen molar-refractivity contribution in [3.63, 3.8) is 0 Å². The Kier molecular flexibility index (Phi) is 2.28. The summed E-state index contributed by atoms with van der Waals surface area (Å²) in [6.07, 6.45) is 4.67. The lowest BCUT2D eigenvalue weighted by atomic mass is 9.89. The highest BCUT2D eigenvalue weighted by molar-refractivity contribution is 5.99. The Balaban J connectivity index is 2.50. The molecule has 0 aromatic heterocycles.